The first kappa shape index (κ1) is 21.1. The predicted octanol–water partition coefficient (Wildman–Crippen LogP) is 3.02. The van der Waals surface area contributed by atoms with Crippen LogP contribution in [0, 0.1) is 0 Å². The van der Waals surface area contributed by atoms with Crippen LogP contribution < -0.4 is 25.3 Å². The highest BCUT2D eigenvalue weighted by atomic mass is 16.5. The minimum absolute atomic E-state index is 0.159. The van der Waals surface area contributed by atoms with Gasteiger partial charge in [0.2, 0.25) is 11.7 Å². The van der Waals surface area contributed by atoms with Gasteiger partial charge in [0.05, 0.1) is 39.3 Å². The normalized spacial score (nSPS) is 10.3. The minimum Gasteiger partial charge on any atom is -0.492 e. The molecule has 9 heteroatoms. The van der Waals surface area contributed by atoms with Gasteiger partial charge in [0.15, 0.2) is 11.5 Å². The molecule has 3 N–H and O–H groups in total. The van der Waals surface area contributed by atoms with Crippen LogP contribution in [0.5, 0.6) is 17.2 Å². The molecule has 0 atom stereocenters. The average Bonchev–Trinajstić information content (AvgIpc) is 2.68. The van der Waals surface area contributed by atoms with Gasteiger partial charge < -0.3 is 24.7 Å². The van der Waals surface area contributed by atoms with Crippen molar-refractivity contribution in [3.05, 3.63) is 29.6 Å². The Balaban J connectivity index is 2.22. The summed E-state index contributed by atoms with van der Waals surface area (Å²) in [6.07, 6.45) is 3.10. The summed E-state index contributed by atoms with van der Waals surface area (Å²) in [5.74, 6) is 1.47. The number of hydrogen-bond acceptors (Lipinski definition) is 8. The molecule has 0 aliphatic carbocycles. The SMILES string of the molecule is CCCCOC(=O)Nc1nccc(Cc2cc(N)c(OC)c(OC)c2OC)n1. The number of unbranched alkanes of at least 4 members (excludes halogenated alkanes) is 1. The molecule has 9 nitrogen and oxygen atoms in total. The first-order valence-corrected chi connectivity index (χ1v) is 8.87. The van der Waals surface area contributed by atoms with E-state index in [-0.39, 0.29) is 5.95 Å². The molecule has 1 heterocycles. The van der Waals surface area contributed by atoms with Gasteiger partial charge in [-0.25, -0.2) is 14.8 Å². The van der Waals surface area contributed by atoms with Crippen LogP contribution in [-0.2, 0) is 11.2 Å². The lowest BCUT2D eigenvalue weighted by Crippen LogP contribution is -2.16. The van der Waals surface area contributed by atoms with Crippen molar-refractivity contribution in [1.29, 1.82) is 0 Å². The standard InChI is InChI=1S/C19H26N4O5/c1-5-6-9-28-19(24)23-18-21-8-7-13(22-18)10-12-11-14(20)16(26-3)17(27-4)15(12)25-2/h7-8,11H,5-6,9-10,20H2,1-4H3,(H,21,22,23,24). The molecular formula is C19H26N4O5. The number of methoxy groups -OCH3 is 3. The van der Waals surface area contributed by atoms with Gasteiger partial charge in [-0.15, -0.1) is 0 Å². The van der Waals surface area contributed by atoms with E-state index in [1.165, 1.54) is 21.3 Å². The molecule has 2 aromatic rings. The summed E-state index contributed by atoms with van der Waals surface area (Å²) < 4.78 is 21.3. The number of aromatic nitrogens is 2. The Hall–Kier alpha value is -3.23. The van der Waals surface area contributed by atoms with Crippen molar-refractivity contribution in [2.45, 2.75) is 26.2 Å². The van der Waals surface area contributed by atoms with Gasteiger partial charge in [0.25, 0.3) is 0 Å². The van der Waals surface area contributed by atoms with E-state index < -0.39 is 6.09 Å². The van der Waals surface area contributed by atoms with Gasteiger partial charge in [0.1, 0.15) is 0 Å². The van der Waals surface area contributed by atoms with Crippen LogP contribution in [0.2, 0.25) is 0 Å². The molecule has 0 radical (unpaired) electrons. The van der Waals surface area contributed by atoms with Gasteiger partial charge in [0, 0.05) is 18.2 Å². The molecule has 0 bridgehead atoms. The van der Waals surface area contributed by atoms with Crippen molar-refractivity contribution in [3.8, 4) is 17.2 Å². The number of rotatable bonds is 9. The van der Waals surface area contributed by atoms with E-state index in [1.807, 2.05) is 6.92 Å². The third-order valence-corrected chi connectivity index (χ3v) is 3.94. The molecule has 0 spiro atoms. The number of benzene rings is 1. The molecule has 0 fully saturated rings. The molecule has 152 valence electrons. The van der Waals surface area contributed by atoms with Crippen molar-refractivity contribution >= 4 is 17.7 Å². The topological polar surface area (TPSA) is 118 Å². The lowest BCUT2D eigenvalue weighted by atomic mass is 10.1. The van der Waals surface area contributed by atoms with Crippen LogP contribution in [0.15, 0.2) is 18.3 Å². The van der Waals surface area contributed by atoms with E-state index in [0.29, 0.717) is 41.7 Å². The zero-order chi connectivity index (χ0) is 20.5. The Labute approximate surface area is 164 Å². The number of carbonyl (C=O) groups is 1. The van der Waals surface area contributed by atoms with Gasteiger partial charge in [-0.3, -0.25) is 5.32 Å². The summed E-state index contributed by atoms with van der Waals surface area (Å²) >= 11 is 0. The molecule has 1 aromatic carbocycles. The second-order valence-electron chi connectivity index (χ2n) is 5.89. The number of anilines is 2. The van der Waals surface area contributed by atoms with Gasteiger partial charge in [-0.2, -0.15) is 0 Å². The van der Waals surface area contributed by atoms with Crippen LogP contribution in [0.25, 0.3) is 0 Å². The van der Waals surface area contributed by atoms with Crippen LogP contribution in [-0.4, -0.2) is 44.0 Å². The Morgan fingerprint density at radius 3 is 2.50 bits per heavy atom. The largest absolute Gasteiger partial charge is 0.492 e. The van der Waals surface area contributed by atoms with Crippen LogP contribution in [0.3, 0.4) is 0 Å². The first-order chi connectivity index (χ1) is 13.5. The number of ether oxygens (including phenoxy) is 4. The van der Waals surface area contributed by atoms with E-state index in [2.05, 4.69) is 15.3 Å². The Morgan fingerprint density at radius 1 is 1.14 bits per heavy atom. The van der Waals surface area contributed by atoms with E-state index >= 15 is 0 Å². The molecule has 0 aliphatic rings. The minimum atomic E-state index is -0.585. The summed E-state index contributed by atoms with van der Waals surface area (Å²) in [6, 6.07) is 3.48. The number of hydrogen-bond donors (Lipinski definition) is 2. The monoisotopic (exact) mass is 390 g/mol. The highest BCUT2D eigenvalue weighted by Gasteiger charge is 2.20. The second kappa shape index (κ2) is 10.2. The highest BCUT2D eigenvalue weighted by molar-refractivity contribution is 5.82. The van der Waals surface area contributed by atoms with E-state index in [0.717, 1.165) is 18.4 Å². The number of carbonyl (C=O) groups excluding carboxylic acids is 1. The van der Waals surface area contributed by atoms with Gasteiger partial charge in [-0.1, -0.05) is 13.3 Å². The molecule has 1 amide bonds. The van der Waals surface area contributed by atoms with Crippen LogP contribution >= 0.6 is 0 Å². The maximum absolute atomic E-state index is 11.8. The maximum atomic E-state index is 11.8. The zero-order valence-electron chi connectivity index (χ0n) is 16.6. The van der Waals surface area contributed by atoms with E-state index in [9.17, 15) is 4.79 Å². The van der Waals surface area contributed by atoms with Crippen molar-refractivity contribution in [2.75, 3.05) is 39.0 Å². The lowest BCUT2D eigenvalue weighted by molar-refractivity contribution is 0.159. The number of nitrogens with zero attached hydrogens (tertiary/aromatic N) is 2. The number of nitrogens with two attached hydrogens (primary N) is 1. The second-order valence-corrected chi connectivity index (χ2v) is 5.89. The third-order valence-electron chi connectivity index (χ3n) is 3.94. The van der Waals surface area contributed by atoms with Crippen molar-refractivity contribution in [2.24, 2.45) is 0 Å². The molecule has 28 heavy (non-hydrogen) atoms. The molecule has 0 aliphatic heterocycles. The van der Waals surface area contributed by atoms with Gasteiger partial charge in [-0.05, 0) is 18.6 Å². The van der Waals surface area contributed by atoms with Crippen molar-refractivity contribution < 1.29 is 23.7 Å². The first-order valence-electron chi connectivity index (χ1n) is 8.87. The summed E-state index contributed by atoms with van der Waals surface area (Å²) in [5.41, 5.74) is 7.90. The number of nitrogens with one attached hydrogen (secondary N) is 1. The fourth-order valence-corrected chi connectivity index (χ4v) is 2.64. The molecule has 0 saturated carbocycles. The summed E-state index contributed by atoms with van der Waals surface area (Å²) in [7, 11) is 4.56. The summed E-state index contributed by atoms with van der Waals surface area (Å²) in [4.78, 5) is 20.2. The van der Waals surface area contributed by atoms with Gasteiger partial charge >= 0.3 is 6.09 Å². The quantitative estimate of drug-likeness (QED) is 0.495. The third kappa shape index (κ3) is 5.15. The zero-order valence-corrected chi connectivity index (χ0v) is 16.6. The number of amides is 1. The van der Waals surface area contributed by atoms with Crippen LogP contribution in [0.1, 0.15) is 31.0 Å². The van der Waals surface area contributed by atoms with Crippen LogP contribution in [0.4, 0.5) is 16.4 Å². The average molecular weight is 390 g/mol. The maximum Gasteiger partial charge on any atom is 0.414 e. The Morgan fingerprint density at radius 2 is 1.86 bits per heavy atom. The fourth-order valence-electron chi connectivity index (χ4n) is 2.64. The molecule has 0 saturated heterocycles. The van der Waals surface area contributed by atoms with Crippen molar-refractivity contribution in [1.82, 2.24) is 9.97 Å². The molecule has 2 rings (SSSR count). The smallest absolute Gasteiger partial charge is 0.414 e. The van der Waals surface area contributed by atoms with Crippen molar-refractivity contribution in [3.63, 3.8) is 0 Å². The fraction of sp³-hybridized carbons (Fsp3) is 0.421. The molecule has 1 aromatic heterocycles. The number of nitrogen functional groups attached to an aromatic ring is 1. The lowest BCUT2D eigenvalue weighted by Gasteiger charge is -2.17. The Bertz CT molecular complexity index is 813. The summed E-state index contributed by atoms with van der Waals surface area (Å²) in [6.45, 7) is 2.37. The van der Waals surface area contributed by atoms with E-state index in [4.69, 9.17) is 24.7 Å². The molecular weight excluding hydrogens is 364 g/mol. The summed E-state index contributed by atoms with van der Waals surface area (Å²) in [5, 5.41) is 2.52. The predicted molar refractivity (Wildman–Crippen MR) is 105 cm³/mol. The highest BCUT2D eigenvalue weighted by Crippen LogP contribution is 2.44. The Kier molecular flexibility index (Phi) is 7.67. The van der Waals surface area contributed by atoms with E-state index in [1.54, 1.807) is 18.3 Å². The molecule has 0 unspecified atom stereocenters.